The van der Waals surface area contributed by atoms with Gasteiger partial charge in [-0.3, -0.25) is 0 Å². The highest BCUT2D eigenvalue weighted by atomic mass is 16.5. The van der Waals surface area contributed by atoms with Crippen molar-refractivity contribution in [3.05, 3.63) is 35.9 Å². The molecule has 84 valence electrons. The van der Waals surface area contributed by atoms with Crippen molar-refractivity contribution in [3.63, 3.8) is 0 Å². The molecule has 0 saturated heterocycles. The first kappa shape index (κ1) is 12.2. The van der Waals surface area contributed by atoms with Crippen molar-refractivity contribution in [3.8, 4) is 0 Å². The molecule has 1 atom stereocenters. The Morgan fingerprint density at radius 1 is 1.27 bits per heavy atom. The predicted molar refractivity (Wildman–Crippen MR) is 61.7 cm³/mol. The minimum Gasteiger partial charge on any atom is -0.383 e. The second-order valence-corrected chi connectivity index (χ2v) is 4.11. The number of ether oxygens (including phenoxy) is 1. The van der Waals surface area contributed by atoms with Crippen molar-refractivity contribution < 1.29 is 9.84 Å². The lowest BCUT2D eigenvalue weighted by molar-refractivity contribution is -0.0712. The van der Waals surface area contributed by atoms with E-state index < -0.39 is 5.60 Å². The van der Waals surface area contributed by atoms with Gasteiger partial charge in [-0.25, -0.2) is 0 Å². The molecule has 1 unspecified atom stereocenters. The Balaban J connectivity index is 2.76. The average Bonchev–Trinajstić information content (AvgIpc) is 2.27. The number of hydrogen-bond acceptors (Lipinski definition) is 2. The SMILES string of the molecule is CCC(O)(COC(C)C)c1ccccc1. The molecule has 2 heteroatoms. The average molecular weight is 208 g/mol. The standard InChI is InChI=1S/C13H20O2/c1-4-13(14,10-15-11(2)3)12-8-6-5-7-9-12/h5-9,11,14H,4,10H2,1-3H3. The smallest absolute Gasteiger partial charge is 0.113 e. The number of benzene rings is 1. The predicted octanol–water partition coefficient (Wildman–Crippen LogP) is 2.71. The first-order valence-corrected chi connectivity index (χ1v) is 5.48. The molecule has 0 aromatic heterocycles. The molecule has 1 aromatic rings. The van der Waals surface area contributed by atoms with Gasteiger partial charge in [0.2, 0.25) is 0 Å². The highest BCUT2D eigenvalue weighted by Gasteiger charge is 2.27. The van der Waals surface area contributed by atoms with E-state index in [-0.39, 0.29) is 6.10 Å². The Bertz CT molecular complexity index is 282. The third kappa shape index (κ3) is 3.33. The maximum absolute atomic E-state index is 10.4. The summed E-state index contributed by atoms with van der Waals surface area (Å²) < 4.78 is 5.50. The number of aliphatic hydroxyl groups is 1. The molecule has 1 rings (SSSR count). The van der Waals surface area contributed by atoms with Crippen LogP contribution >= 0.6 is 0 Å². The summed E-state index contributed by atoms with van der Waals surface area (Å²) in [5.41, 5.74) is 0.0686. The fourth-order valence-electron chi connectivity index (χ4n) is 1.44. The minimum atomic E-state index is -0.856. The topological polar surface area (TPSA) is 29.5 Å². The van der Waals surface area contributed by atoms with Crippen molar-refractivity contribution in [2.75, 3.05) is 6.61 Å². The largest absolute Gasteiger partial charge is 0.383 e. The highest BCUT2D eigenvalue weighted by molar-refractivity contribution is 5.22. The quantitative estimate of drug-likeness (QED) is 0.806. The Morgan fingerprint density at radius 3 is 2.33 bits per heavy atom. The fraction of sp³-hybridized carbons (Fsp3) is 0.538. The summed E-state index contributed by atoms with van der Waals surface area (Å²) in [4.78, 5) is 0. The zero-order chi connectivity index (χ0) is 11.3. The number of hydrogen-bond donors (Lipinski definition) is 1. The van der Waals surface area contributed by atoms with Crippen LogP contribution in [-0.2, 0) is 10.3 Å². The monoisotopic (exact) mass is 208 g/mol. The molecule has 15 heavy (non-hydrogen) atoms. The molecule has 0 aliphatic rings. The van der Waals surface area contributed by atoms with Gasteiger partial charge in [0.05, 0.1) is 12.7 Å². The summed E-state index contributed by atoms with van der Waals surface area (Å²) in [6, 6.07) is 9.69. The first-order valence-electron chi connectivity index (χ1n) is 5.48. The summed E-state index contributed by atoms with van der Waals surface area (Å²) in [6.45, 7) is 6.27. The summed E-state index contributed by atoms with van der Waals surface area (Å²) >= 11 is 0. The molecule has 0 saturated carbocycles. The number of rotatable bonds is 5. The molecular formula is C13H20O2. The lowest BCUT2D eigenvalue weighted by atomic mass is 9.92. The van der Waals surface area contributed by atoms with E-state index in [2.05, 4.69) is 0 Å². The summed E-state index contributed by atoms with van der Waals surface area (Å²) in [5.74, 6) is 0. The fourth-order valence-corrected chi connectivity index (χ4v) is 1.44. The van der Waals surface area contributed by atoms with E-state index >= 15 is 0 Å². The summed E-state index contributed by atoms with van der Waals surface area (Å²) in [7, 11) is 0. The van der Waals surface area contributed by atoms with E-state index in [0.29, 0.717) is 13.0 Å². The van der Waals surface area contributed by atoms with Gasteiger partial charge in [-0.15, -0.1) is 0 Å². The van der Waals surface area contributed by atoms with E-state index in [4.69, 9.17) is 4.74 Å². The second kappa shape index (κ2) is 5.29. The van der Waals surface area contributed by atoms with Gasteiger partial charge in [-0.2, -0.15) is 0 Å². The van der Waals surface area contributed by atoms with Crippen LogP contribution in [0.5, 0.6) is 0 Å². The van der Waals surface area contributed by atoms with Crippen molar-refractivity contribution in [1.29, 1.82) is 0 Å². The van der Waals surface area contributed by atoms with E-state index in [9.17, 15) is 5.11 Å². The van der Waals surface area contributed by atoms with Crippen molar-refractivity contribution in [2.24, 2.45) is 0 Å². The second-order valence-electron chi connectivity index (χ2n) is 4.11. The molecule has 0 bridgehead atoms. The molecule has 0 radical (unpaired) electrons. The van der Waals surface area contributed by atoms with Gasteiger partial charge in [0.25, 0.3) is 0 Å². The summed E-state index contributed by atoms with van der Waals surface area (Å²) in [6.07, 6.45) is 0.802. The molecular weight excluding hydrogens is 188 g/mol. The van der Waals surface area contributed by atoms with E-state index in [1.54, 1.807) is 0 Å². The molecule has 0 amide bonds. The molecule has 0 fully saturated rings. The van der Waals surface area contributed by atoms with E-state index in [1.165, 1.54) is 0 Å². The first-order chi connectivity index (χ1) is 7.08. The zero-order valence-electron chi connectivity index (χ0n) is 9.73. The third-order valence-corrected chi connectivity index (χ3v) is 2.55. The Hall–Kier alpha value is -0.860. The molecule has 2 nitrogen and oxygen atoms in total. The Morgan fingerprint density at radius 2 is 1.87 bits per heavy atom. The normalized spacial score (nSPS) is 15.3. The van der Waals surface area contributed by atoms with Crippen LogP contribution in [0.2, 0.25) is 0 Å². The van der Waals surface area contributed by atoms with Crippen molar-refractivity contribution in [2.45, 2.75) is 38.9 Å². The minimum absolute atomic E-state index is 0.145. The molecule has 0 spiro atoms. The maximum atomic E-state index is 10.4. The van der Waals surface area contributed by atoms with Gasteiger partial charge in [-0.05, 0) is 25.8 Å². The van der Waals surface area contributed by atoms with Crippen molar-refractivity contribution in [1.82, 2.24) is 0 Å². The lowest BCUT2D eigenvalue weighted by Crippen LogP contribution is -2.32. The van der Waals surface area contributed by atoms with Crippen LogP contribution in [0.3, 0.4) is 0 Å². The van der Waals surface area contributed by atoms with Gasteiger partial charge in [0.15, 0.2) is 0 Å². The zero-order valence-corrected chi connectivity index (χ0v) is 9.73. The molecule has 1 aromatic carbocycles. The summed E-state index contributed by atoms with van der Waals surface area (Å²) in [5, 5.41) is 10.4. The highest BCUT2D eigenvalue weighted by Crippen LogP contribution is 2.25. The van der Waals surface area contributed by atoms with Gasteiger partial charge < -0.3 is 9.84 Å². The van der Waals surface area contributed by atoms with Crippen LogP contribution in [-0.4, -0.2) is 17.8 Å². The Kier molecular flexibility index (Phi) is 4.30. The Labute approximate surface area is 91.9 Å². The van der Waals surface area contributed by atoms with Gasteiger partial charge in [0, 0.05) is 0 Å². The van der Waals surface area contributed by atoms with Gasteiger partial charge in [0.1, 0.15) is 5.60 Å². The van der Waals surface area contributed by atoms with Crippen LogP contribution in [0.15, 0.2) is 30.3 Å². The molecule has 0 aliphatic carbocycles. The van der Waals surface area contributed by atoms with Crippen LogP contribution in [0.25, 0.3) is 0 Å². The lowest BCUT2D eigenvalue weighted by Gasteiger charge is -2.28. The van der Waals surface area contributed by atoms with Crippen LogP contribution in [0, 0.1) is 0 Å². The molecule has 0 heterocycles. The maximum Gasteiger partial charge on any atom is 0.113 e. The molecule has 0 aliphatic heterocycles. The van der Waals surface area contributed by atoms with E-state index in [1.807, 2.05) is 51.1 Å². The van der Waals surface area contributed by atoms with Crippen molar-refractivity contribution >= 4 is 0 Å². The van der Waals surface area contributed by atoms with Crippen LogP contribution < -0.4 is 0 Å². The van der Waals surface area contributed by atoms with Gasteiger partial charge >= 0.3 is 0 Å². The van der Waals surface area contributed by atoms with E-state index in [0.717, 1.165) is 5.56 Å². The molecule has 1 N–H and O–H groups in total. The van der Waals surface area contributed by atoms with Gasteiger partial charge in [-0.1, -0.05) is 37.3 Å². The van der Waals surface area contributed by atoms with Crippen LogP contribution in [0.1, 0.15) is 32.8 Å². The third-order valence-electron chi connectivity index (χ3n) is 2.55. The van der Waals surface area contributed by atoms with Crippen LogP contribution in [0.4, 0.5) is 0 Å².